The van der Waals surface area contributed by atoms with Crippen LogP contribution in [0, 0.1) is 36.5 Å². The van der Waals surface area contributed by atoms with Crippen LogP contribution in [-0.2, 0) is 4.79 Å². The fourth-order valence-electron chi connectivity index (χ4n) is 5.42. The van der Waals surface area contributed by atoms with Gasteiger partial charge in [0.05, 0.1) is 6.04 Å². The number of hydrogen-bond donors (Lipinski definition) is 1. The van der Waals surface area contributed by atoms with E-state index >= 15 is 0 Å². The first kappa shape index (κ1) is 13.4. The van der Waals surface area contributed by atoms with Gasteiger partial charge in [0.25, 0.3) is 0 Å². The van der Waals surface area contributed by atoms with Crippen molar-refractivity contribution in [2.24, 2.45) is 29.6 Å². The van der Waals surface area contributed by atoms with Gasteiger partial charge >= 0.3 is 0 Å². The van der Waals surface area contributed by atoms with Crippen LogP contribution in [0.25, 0.3) is 0 Å². The average molecular weight is 287 g/mol. The van der Waals surface area contributed by atoms with E-state index in [-0.39, 0.29) is 17.9 Å². The average Bonchev–Trinajstić information content (AvgIpc) is 2.84. The quantitative estimate of drug-likeness (QED) is 0.918. The van der Waals surface area contributed by atoms with Gasteiger partial charge in [0, 0.05) is 5.92 Å². The zero-order valence-electron chi connectivity index (χ0n) is 13.0. The summed E-state index contributed by atoms with van der Waals surface area (Å²) in [6.07, 6.45) is 6.60. The molecule has 4 saturated carbocycles. The molecule has 4 aliphatic carbocycles. The lowest BCUT2D eigenvalue weighted by Gasteiger charge is -2.53. The van der Waals surface area contributed by atoms with Crippen molar-refractivity contribution in [1.29, 1.82) is 0 Å². The van der Waals surface area contributed by atoms with Crippen molar-refractivity contribution in [3.8, 4) is 0 Å². The number of aryl methyl sites for hydroxylation is 1. The molecule has 4 fully saturated rings. The van der Waals surface area contributed by atoms with Gasteiger partial charge in [-0.1, -0.05) is 0 Å². The van der Waals surface area contributed by atoms with Crippen molar-refractivity contribution in [2.75, 3.05) is 0 Å². The number of nitrogens with one attached hydrogen (secondary N) is 1. The maximum atomic E-state index is 12.8. The SMILES string of the molecule is Cc1ccc(C(C)NC(=O)C2C3CC4CC(C3)CC2C4)o1. The predicted molar refractivity (Wildman–Crippen MR) is 80.5 cm³/mol. The van der Waals surface area contributed by atoms with Crippen LogP contribution in [0.15, 0.2) is 16.5 Å². The highest BCUT2D eigenvalue weighted by Crippen LogP contribution is 2.56. The van der Waals surface area contributed by atoms with E-state index in [0.29, 0.717) is 11.8 Å². The summed E-state index contributed by atoms with van der Waals surface area (Å²) in [4.78, 5) is 12.8. The summed E-state index contributed by atoms with van der Waals surface area (Å²) in [6, 6.07) is 3.90. The molecule has 4 aliphatic rings. The van der Waals surface area contributed by atoms with Crippen LogP contribution in [0.3, 0.4) is 0 Å². The van der Waals surface area contributed by atoms with Crippen LogP contribution in [0.5, 0.6) is 0 Å². The molecule has 0 aliphatic heterocycles. The number of rotatable bonds is 3. The van der Waals surface area contributed by atoms with E-state index in [0.717, 1.165) is 23.4 Å². The lowest BCUT2D eigenvalue weighted by atomic mass is 9.51. The number of carbonyl (C=O) groups is 1. The van der Waals surface area contributed by atoms with Gasteiger partial charge in [-0.2, -0.15) is 0 Å². The van der Waals surface area contributed by atoms with E-state index < -0.39 is 0 Å². The second-order valence-electron chi connectivity index (χ2n) is 7.64. The Labute approximate surface area is 126 Å². The summed E-state index contributed by atoms with van der Waals surface area (Å²) in [6.45, 7) is 3.96. The van der Waals surface area contributed by atoms with Gasteiger partial charge in [0.15, 0.2) is 0 Å². The second-order valence-corrected chi connectivity index (χ2v) is 7.64. The molecule has 21 heavy (non-hydrogen) atoms. The first-order valence-corrected chi connectivity index (χ1v) is 8.47. The molecule has 114 valence electrons. The van der Waals surface area contributed by atoms with Gasteiger partial charge in [-0.05, 0) is 81.8 Å². The number of hydrogen-bond acceptors (Lipinski definition) is 2. The number of furan rings is 1. The number of carbonyl (C=O) groups excluding carboxylic acids is 1. The smallest absolute Gasteiger partial charge is 0.224 e. The molecular formula is C18H25NO2. The third kappa shape index (κ3) is 2.31. The molecule has 1 aromatic rings. The van der Waals surface area contributed by atoms with Crippen LogP contribution in [0.4, 0.5) is 0 Å². The molecule has 3 nitrogen and oxygen atoms in total. The third-order valence-electron chi connectivity index (χ3n) is 6.08. The highest BCUT2D eigenvalue weighted by molar-refractivity contribution is 5.80. The Hall–Kier alpha value is -1.25. The van der Waals surface area contributed by atoms with Gasteiger partial charge in [0.2, 0.25) is 5.91 Å². The second kappa shape index (κ2) is 4.89. The fourth-order valence-corrected chi connectivity index (χ4v) is 5.42. The highest BCUT2D eigenvalue weighted by Gasteiger charge is 2.50. The van der Waals surface area contributed by atoms with Crippen LogP contribution < -0.4 is 5.32 Å². The highest BCUT2D eigenvalue weighted by atomic mass is 16.3. The first-order valence-electron chi connectivity index (χ1n) is 8.47. The minimum Gasteiger partial charge on any atom is -0.464 e. The first-order chi connectivity index (χ1) is 10.1. The largest absolute Gasteiger partial charge is 0.464 e. The maximum Gasteiger partial charge on any atom is 0.224 e. The summed E-state index contributed by atoms with van der Waals surface area (Å²) in [5.74, 6) is 5.43. The summed E-state index contributed by atoms with van der Waals surface area (Å²) in [5, 5.41) is 3.20. The summed E-state index contributed by atoms with van der Waals surface area (Å²) in [7, 11) is 0. The van der Waals surface area contributed by atoms with Crippen molar-refractivity contribution >= 4 is 5.91 Å². The van der Waals surface area contributed by atoms with Crippen LogP contribution in [0.1, 0.15) is 56.6 Å². The van der Waals surface area contributed by atoms with E-state index in [1.807, 2.05) is 26.0 Å². The van der Waals surface area contributed by atoms with Crippen molar-refractivity contribution in [2.45, 2.75) is 52.0 Å². The molecule has 4 bridgehead atoms. The molecule has 5 rings (SSSR count). The van der Waals surface area contributed by atoms with Crippen LogP contribution >= 0.6 is 0 Å². The zero-order valence-corrected chi connectivity index (χ0v) is 13.0. The van der Waals surface area contributed by atoms with Gasteiger partial charge < -0.3 is 9.73 Å². The standard InChI is InChI=1S/C18H25NO2/c1-10-3-4-16(21-10)11(2)19-18(20)17-14-6-12-5-13(8-14)9-15(17)7-12/h3-4,11-15,17H,5-9H2,1-2H3,(H,19,20). The van der Waals surface area contributed by atoms with Crippen molar-refractivity contribution in [3.63, 3.8) is 0 Å². The molecular weight excluding hydrogens is 262 g/mol. The lowest BCUT2D eigenvalue weighted by Crippen LogP contribution is -2.51. The molecule has 1 atom stereocenters. The maximum absolute atomic E-state index is 12.8. The number of amides is 1. The van der Waals surface area contributed by atoms with E-state index in [9.17, 15) is 4.79 Å². The van der Waals surface area contributed by atoms with Crippen LogP contribution in [0.2, 0.25) is 0 Å². The Kier molecular flexibility index (Phi) is 3.13. The Balaban J connectivity index is 1.45. The molecule has 1 aromatic heterocycles. The molecule has 1 heterocycles. The topological polar surface area (TPSA) is 42.2 Å². The summed E-state index contributed by atoms with van der Waals surface area (Å²) < 4.78 is 5.64. The molecule has 1 unspecified atom stereocenters. The van der Waals surface area contributed by atoms with Crippen molar-refractivity contribution < 1.29 is 9.21 Å². The molecule has 0 spiro atoms. The predicted octanol–water partition coefficient (Wildman–Crippen LogP) is 3.84. The Morgan fingerprint density at radius 1 is 1.14 bits per heavy atom. The minimum absolute atomic E-state index is 0.0246. The molecule has 1 N–H and O–H groups in total. The van der Waals surface area contributed by atoms with Crippen molar-refractivity contribution in [1.82, 2.24) is 5.32 Å². The summed E-state index contributed by atoms with van der Waals surface area (Å²) >= 11 is 0. The van der Waals surface area contributed by atoms with Crippen LogP contribution in [-0.4, -0.2) is 5.91 Å². The van der Waals surface area contributed by atoms with Gasteiger partial charge in [-0.15, -0.1) is 0 Å². The summed E-state index contributed by atoms with van der Waals surface area (Å²) in [5.41, 5.74) is 0. The van der Waals surface area contributed by atoms with E-state index in [2.05, 4.69) is 5.32 Å². The Morgan fingerprint density at radius 2 is 1.76 bits per heavy atom. The zero-order chi connectivity index (χ0) is 14.6. The Morgan fingerprint density at radius 3 is 2.29 bits per heavy atom. The third-order valence-corrected chi connectivity index (χ3v) is 6.08. The minimum atomic E-state index is -0.0246. The Bertz CT molecular complexity index is 519. The van der Waals surface area contributed by atoms with E-state index in [4.69, 9.17) is 4.42 Å². The molecule has 0 aromatic carbocycles. The van der Waals surface area contributed by atoms with Crippen molar-refractivity contribution in [3.05, 3.63) is 23.7 Å². The van der Waals surface area contributed by atoms with E-state index in [1.54, 1.807) is 0 Å². The molecule has 0 saturated heterocycles. The monoisotopic (exact) mass is 287 g/mol. The van der Waals surface area contributed by atoms with Gasteiger partial charge in [-0.25, -0.2) is 0 Å². The molecule has 0 radical (unpaired) electrons. The lowest BCUT2D eigenvalue weighted by molar-refractivity contribution is -0.138. The van der Waals surface area contributed by atoms with Gasteiger partial charge in [0.1, 0.15) is 11.5 Å². The molecule has 1 amide bonds. The van der Waals surface area contributed by atoms with Gasteiger partial charge in [-0.3, -0.25) is 4.79 Å². The normalized spacial score (nSPS) is 38.5. The fraction of sp³-hybridized carbons (Fsp3) is 0.722. The molecule has 3 heteroatoms. The van der Waals surface area contributed by atoms with E-state index in [1.165, 1.54) is 32.1 Å².